The molecular formula is C15H18N2O5. The molecule has 0 saturated heterocycles. The van der Waals surface area contributed by atoms with Crippen LogP contribution in [0.2, 0.25) is 0 Å². The first-order valence-electron chi connectivity index (χ1n) is 6.30. The van der Waals surface area contributed by atoms with Crippen molar-refractivity contribution in [3.63, 3.8) is 0 Å². The van der Waals surface area contributed by atoms with E-state index in [2.05, 4.69) is 5.92 Å². The molecule has 0 radical (unpaired) electrons. The maximum Gasteiger partial charge on any atom is 0.280 e. The molecule has 0 N–H and O–H groups in total. The lowest BCUT2D eigenvalue weighted by Gasteiger charge is -2.18. The van der Waals surface area contributed by atoms with Gasteiger partial charge in [-0.05, 0) is 18.2 Å². The van der Waals surface area contributed by atoms with Crippen LogP contribution in [0.1, 0.15) is 20.7 Å². The maximum atomic E-state index is 12.2. The Hall–Kier alpha value is -2.56. The van der Waals surface area contributed by atoms with Crippen LogP contribution < -0.4 is 4.74 Å². The summed E-state index contributed by atoms with van der Waals surface area (Å²) in [5.41, 5.74) is 0.532. The first-order chi connectivity index (χ1) is 10.5. The second-order valence-corrected chi connectivity index (χ2v) is 4.17. The third kappa shape index (κ3) is 3.97. The van der Waals surface area contributed by atoms with Gasteiger partial charge < -0.3 is 4.74 Å². The summed E-state index contributed by atoms with van der Waals surface area (Å²) in [6.07, 6.45) is 5.17. The summed E-state index contributed by atoms with van der Waals surface area (Å²) >= 11 is 0. The number of hydrogen-bond acceptors (Lipinski definition) is 5. The van der Waals surface area contributed by atoms with Crippen molar-refractivity contribution < 1.29 is 24.0 Å². The molecule has 0 unspecified atom stereocenters. The number of amides is 2. The van der Waals surface area contributed by atoms with Crippen LogP contribution >= 0.6 is 0 Å². The Labute approximate surface area is 129 Å². The average Bonchev–Trinajstić information content (AvgIpc) is 2.56. The average molecular weight is 306 g/mol. The highest BCUT2D eigenvalue weighted by molar-refractivity contribution is 5.99. The van der Waals surface area contributed by atoms with Crippen LogP contribution in [0.5, 0.6) is 5.75 Å². The van der Waals surface area contributed by atoms with Gasteiger partial charge >= 0.3 is 0 Å². The number of benzene rings is 1. The molecule has 0 aromatic heterocycles. The zero-order valence-electron chi connectivity index (χ0n) is 13.0. The minimum Gasteiger partial charge on any atom is -0.480 e. The third-order valence-corrected chi connectivity index (χ3v) is 2.89. The van der Waals surface area contributed by atoms with Crippen molar-refractivity contribution >= 4 is 11.8 Å². The van der Waals surface area contributed by atoms with Gasteiger partial charge in [-0.15, -0.1) is 6.42 Å². The SMILES string of the molecule is C#CCOc1cc(C(=O)N(C)OC)ccc1C(=O)N(C)OC. The molecular weight excluding hydrogens is 288 g/mol. The summed E-state index contributed by atoms with van der Waals surface area (Å²) in [6, 6.07) is 4.41. The van der Waals surface area contributed by atoms with Crippen molar-refractivity contribution in [2.45, 2.75) is 0 Å². The van der Waals surface area contributed by atoms with E-state index in [4.69, 9.17) is 20.8 Å². The number of ether oxygens (including phenoxy) is 1. The maximum absolute atomic E-state index is 12.2. The van der Waals surface area contributed by atoms with Crippen molar-refractivity contribution in [1.29, 1.82) is 0 Å². The van der Waals surface area contributed by atoms with Crippen LogP contribution in [0, 0.1) is 12.3 Å². The van der Waals surface area contributed by atoms with Gasteiger partial charge in [-0.25, -0.2) is 10.1 Å². The van der Waals surface area contributed by atoms with E-state index < -0.39 is 5.91 Å². The van der Waals surface area contributed by atoms with Crippen LogP contribution in [0.3, 0.4) is 0 Å². The quantitative estimate of drug-likeness (QED) is 0.578. The molecule has 1 rings (SSSR count). The van der Waals surface area contributed by atoms with E-state index in [0.717, 1.165) is 10.1 Å². The standard InChI is InChI=1S/C15H18N2O5/c1-6-9-22-13-10-11(14(18)16(2)20-4)7-8-12(13)15(19)17(3)21-5/h1,7-8,10H,9H2,2-5H3. The molecule has 0 bridgehead atoms. The molecule has 7 heteroatoms. The van der Waals surface area contributed by atoms with Gasteiger partial charge in [0.25, 0.3) is 11.8 Å². The van der Waals surface area contributed by atoms with Gasteiger partial charge in [0.1, 0.15) is 12.4 Å². The van der Waals surface area contributed by atoms with Crippen molar-refractivity contribution in [2.24, 2.45) is 0 Å². The predicted octanol–water partition coefficient (Wildman–Crippen LogP) is 0.965. The number of carbonyl (C=O) groups is 2. The lowest BCUT2D eigenvalue weighted by molar-refractivity contribution is -0.0761. The molecule has 2 amide bonds. The molecule has 0 saturated carbocycles. The highest BCUT2D eigenvalue weighted by Gasteiger charge is 2.20. The zero-order chi connectivity index (χ0) is 16.7. The summed E-state index contributed by atoms with van der Waals surface area (Å²) in [5, 5.41) is 2.10. The van der Waals surface area contributed by atoms with Crippen molar-refractivity contribution in [1.82, 2.24) is 10.1 Å². The van der Waals surface area contributed by atoms with Gasteiger partial charge in [0.05, 0.1) is 19.8 Å². The molecule has 0 aliphatic rings. The number of nitrogens with zero attached hydrogens (tertiary/aromatic N) is 2. The molecule has 1 aromatic carbocycles. The lowest BCUT2D eigenvalue weighted by Crippen LogP contribution is -2.27. The lowest BCUT2D eigenvalue weighted by atomic mass is 10.1. The molecule has 0 spiro atoms. The normalized spacial score (nSPS) is 9.77. The largest absolute Gasteiger partial charge is 0.480 e. The minimum absolute atomic E-state index is 0.0330. The van der Waals surface area contributed by atoms with Gasteiger partial charge in [-0.2, -0.15) is 0 Å². The predicted molar refractivity (Wildman–Crippen MR) is 79.0 cm³/mol. The summed E-state index contributed by atoms with van der Waals surface area (Å²) in [4.78, 5) is 33.9. The van der Waals surface area contributed by atoms with Gasteiger partial charge in [0, 0.05) is 19.7 Å². The Balaban J connectivity index is 3.21. The Kier molecular flexibility index (Phi) is 6.38. The van der Waals surface area contributed by atoms with Gasteiger partial charge in [-0.3, -0.25) is 19.3 Å². The van der Waals surface area contributed by atoms with E-state index in [0.29, 0.717) is 5.56 Å². The van der Waals surface area contributed by atoms with E-state index in [9.17, 15) is 9.59 Å². The smallest absolute Gasteiger partial charge is 0.280 e. The summed E-state index contributed by atoms with van der Waals surface area (Å²) in [6.45, 7) is -0.0330. The van der Waals surface area contributed by atoms with Gasteiger partial charge in [0.15, 0.2) is 0 Å². The molecule has 0 atom stereocenters. The molecule has 0 heterocycles. The van der Waals surface area contributed by atoms with Gasteiger partial charge in [0.2, 0.25) is 0 Å². The number of rotatable bonds is 6. The Morgan fingerprint density at radius 1 is 1.14 bits per heavy atom. The van der Waals surface area contributed by atoms with E-state index in [1.54, 1.807) is 0 Å². The number of hydrogen-bond donors (Lipinski definition) is 0. The molecule has 1 aromatic rings. The van der Waals surface area contributed by atoms with Crippen LogP contribution in [0.15, 0.2) is 18.2 Å². The van der Waals surface area contributed by atoms with Crippen LogP contribution in [-0.4, -0.2) is 56.9 Å². The molecule has 22 heavy (non-hydrogen) atoms. The molecule has 0 aliphatic carbocycles. The Bertz CT molecular complexity index is 594. The molecule has 0 aliphatic heterocycles. The number of carbonyl (C=O) groups excluding carboxylic acids is 2. The number of terminal acetylenes is 1. The fourth-order valence-corrected chi connectivity index (χ4v) is 1.59. The fourth-order valence-electron chi connectivity index (χ4n) is 1.59. The fraction of sp³-hybridized carbons (Fsp3) is 0.333. The second-order valence-electron chi connectivity index (χ2n) is 4.17. The van der Waals surface area contributed by atoms with Crippen molar-refractivity contribution in [3.05, 3.63) is 29.3 Å². The van der Waals surface area contributed by atoms with Crippen molar-refractivity contribution in [3.8, 4) is 18.1 Å². The van der Waals surface area contributed by atoms with E-state index in [-0.39, 0.29) is 23.8 Å². The van der Waals surface area contributed by atoms with Crippen LogP contribution in [0.25, 0.3) is 0 Å². The summed E-state index contributed by atoms with van der Waals surface area (Å²) < 4.78 is 5.36. The van der Waals surface area contributed by atoms with E-state index in [1.165, 1.54) is 46.5 Å². The Morgan fingerprint density at radius 3 is 2.27 bits per heavy atom. The minimum atomic E-state index is -0.423. The second kappa shape index (κ2) is 8.02. The van der Waals surface area contributed by atoms with E-state index in [1.807, 2.05) is 0 Å². The zero-order valence-corrected chi connectivity index (χ0v) is 13.0. The van der Waals surface area contributed by atoms with Crippen LogP contribution in [0.4, 0.5) is 0 Å². The topological polar surface area (TPSA) is 68.3 Å². The summed E-state index contributed by atoms with van der Waals surface area (Å²) in [7, 11) is 5.68. The molecule has 0 fully saturated rings. The number of hydroxylamine groups is 4. The highest BCUT2D eigenvalue weighted by Crippen LogP contribution is 2.23. The third-order valence-electron chi connectivity index (χ3n) is 2.89. The van der Waals surface area contributed by atoms with E-state index >= 15 is 0 Å². The van der Waals surface area contributed by atoms with Crippen LogP contribution in [-0.2, 0) is 9.68 Å². The monoisotopic (exact) mass is 306 g/mol. The highest BCUT2D eigenvalue weighted by atomic mass is 16.7. The Morgan fingerprint density at radius 2 is 1.73 bits per heavy atom. The van der Waals surface area contributed by atoms with Gasteiger partial charge in [-0.1, -0.05) is 5.92 Å². The van der Waals surface area contributed by atoms with Crippen molar-refractivity contribution in [2.75, 3.05) is 34.9 Å². The molecule has 118 valence electrons. The molecule has 7 nitrogen and oxygen atoms in total. The first-order valence-corrected chi connectivity index (χ1v) is 6.30. The first kappa shape index (κ1) is 17.5. The summed E-state index contributed by atoms with van der Waals surface area (Å²) in [5.74, 6) is 1.70.